The molecule has 1 heterocycles. The molecule has 0 aromatic carbocycles. The van der Waals surface area contributed by atoms with Crippen LogP contribution in [-0.2, 0) is 0 Å². The number of nitrogens with one attached hydrogen (secondary N) is 1. The number of nitrogens with zero attached hydrogens (tertiary/aromatic N) is 1. The molecule has 4 nitrogen and oxygen atoms in total. The second-order valence-corrected chi connectivity index (χ2v) is 4.38. The smallest absolute Gasteiger partial charge is 0.239 e. The molecule has 2 rings (SSSR count). The Morgan fingerprint density at radius 1 is 1.56 bits per heavy atom. The maximum atomic E-state index is 5.75. The van der Waals surface area contributed by atoms with Crippen molar-refractivity contribution in [1.82, 2.24) is 4.98 Å². The van der Waals surface area contributed by atoms with Gasteiger partial charge in [0.2, 0.25) is 5.88 Å². The summed E-state index contributed by atoms with van der Waals surface area (Å²) in [6, 6.07) is 3.72. The summed E-state index contributed by atoms with van der Waals surface area (Å²) in [6.07, 6.45) is 1.32. The van der Waals surface area contributed by atoms with Gasteiger partial charge in [0.1, 0.15) is 5.82 Å². The highest BCUT2D eigenvalue weighted by Crippen LogP contribution is 2.37. The Morgan fingerprint density at radius 2 is 2.31 bits per heavy atom. The summed E-state index contributed by atoms with van der Waals surface area (Å²) >= 11 is 0. The van der Waals surface area contributed by atoms with Crippen LogP contribution in [0.1, 0.15) is 20.3 Å². The van der Waals surface area contributed by atoms with Crippen LogP contribution in [0.25, 0.3) is 0 Å². The summed E-state index contributed by atoms with van der Waals surface area (Å²) in [6.45, 7) is 5.77. The van der Waals surface area contributed by atoms with Crippen molar-refractivity contribution in [1.29, 1.82) is 0 Å². The number of aromatic nitrogens is 1. The van der Waals surface area contributed by atoms with E-state index in [9.17, 15) is 0 Å². The van der Waals surface area contributed by atoms with Crippen molar-refractivity contribution in [2.45, 2.75) is 20.3 Å². The lowest BCUT2D eigenvalue weighted by molar-refractivity contribution is 0.329. The molecule has 0 spiro atoms. The third kappa shape index (κ3) is 2.56. The average Bonchev–Trinajstić information content (AvgIpc) is 2.96. The molecule has 2 atom stereocenters. The van der Waals surface area contributed by atoms with Crippen LogP contribution < -0.4 is 15.8 Å². The first-order chi connectivity index (χ1) is 7.70. The lowest BCUT2D eigenvalue weighted by Gasteiger charge is -2.09. The first-order valence-corrected chi connectivity index (χ1v) is 5.84. The van der Waals surface area contributed by atoms with Crippen molar-refractivity contribution in [2.24, 2.45) is 11.8 Å². The van der Waals surface area contributed by atoms with Gasteiger partial charge in [-0.1, -0.05) is 6.92 Å². The minimum Gasteiger partial charge on any atom is -0.476 e. The molecule has 2 unspecified atom stereocenters. The molecule has 1 fully saturated rings. The zero-order valence-electron chi connectivity index (χ0n) is 9.86. The van der Waals surface area contributed by atoms with E-state index < -0.39 is 0 Å². The van der Waals surface area contributed by atoms with Crippen LogP contribution in [0.2, 0.25) is 0 Å². The molecule has 0 bridgehead atoms. The Hall–Kier alpha value is -1.45. The molecule has 3 N–H and O–H groups in total. The number of nitrogens with two attached hydrogens (primary N) is 1. The number of anilines is 2. The zero-order valence-corrected chi connectivity index (χ0v) is 9.86. The normalized spacial score (nSPS) is 22.9. The van der Waals surface area contributed by atoms with Crippen LogP contribution >= 0.6 is 0 Å². The predicted octanol–water partition coefficient (Wildman–Crippen LogP) is 2.13. The maximum absolute atomic E-state index is 5.75. The Kier molecular flexibility index (Phi) is 3.17. The first kappa shape index (κ1) is 11.0. The molecule has 1 aliphatic rings. The molecular formula is C12H19N3O. The minimum atomic E-state index is 0.524. The van der Waals surface area contributed by atoms with E-state index in [2.05, 4.69) is 17.2 Å². The van der Waals surface area contributed by atoms with E-state index in [0.717, 1.165) is 24.2 Å². The minimum absolute atomic E-state index is 0.524. The van der Waals surface area contributed by atoms with Gasteiger partial charge >= 0.3 is 0 Å². The van der Waals surface area contributed by atoms with Gasteiger partial charge in [-0.2, -0.15) is 4.98 Å². The summed E-state index contributed by atoms with van der Waals surface area (Å²) in [5, 5.41) is 3.32. The van der Waals surface area contributed by atoms with E-state index in [0.29, 0.717) is 18.2 Å². The molecule has 0 saturated heterocycles. The van der Waals surface area contributed by atoms with Crippen LogP contribution in [0.5, 0.6) is 5.88 Å². The third-order valence-electron chi connectivity index (χ3n) is 2.99. The van der Waals surface area contributed by atoms with Crippen LogP contribution in [0.4, 0.5) is 11.5 Å². The first-order valence-electron chi connectivity index (χ1n) is 5.84. The molecule has 88 valence electrons. The second kappa shape index (κ2) is 4.60. The molecular weight excluding hydrogens is 202 g/mol. The lowest BCUT2D eigenvalue weighted by Crippen LogP contribution is -2.07. The molecule has 16 heavy (non-hydrogen) atoms. The molecule has 1 aromatic rings. The van der Waals surface area contributed by atoms with Gasteiger partial charge in [-0.05, 0) is 37.3 Å². The van der Waals surface area contributed by atoms with E-state index in [4.69, 9.17) is 10.5 Å². The van der Waals surface area contributed by atoms with Crippen molar-refractivity contribution in [2.75, 3.05) is 24.2 Å². The Labute approximate surface area is 96.2 Å². The Bertz CT molecular complexity index is 367. The largest absolute Gasteiger partial charge is 0.476 e. The van der Waals surface area contributed by atoms with Crippen molar-refractivity contribution < 1.29 is 4.74 Å². The number of hydrogen-bond donors (Lipinski definition) is 2. The predicted molar refractivity (Wildman–Crippen MR) is 65.6 cm³/mol. The third-order valence-corrected chi connectivity index (χ3v) is 2.99. The van der Waals surface area contributed by atoms with E-state index in [1.165, 1.54) is 6.42 Å². The van der Waals surface area contributed by atoms with E-state index >= 15 is 0 Å². The molecule has 0 amide bonds. The number of pyridine rings is 1. The molecule has 0 radical (unpaired) electrons. The summed E-state index contributed by atoms with van der Waals surface area (Å²) in [5.74, 6) is 3.02. The van der Waals surface area contributed by atoms with Gasteiger partial charge in [0, 0.05) is 6.54 Å². The quantitative estimate of drug-likeness (QED) is 0.799. The fourth-order valence-electron chi connectivity index (χ4n) is 1.72. The maximum Gasteiger partial charge on any atom is 0.239 e. The SMILES string of the molecule is CCOc1nc(NCC2CC2C)ccc1N. The second-order valence-electron chi connectivity index (χ2n) is 4.38. The fraction of sp³-hybridized carbons (Fsp3) is 0.583. The fourth-order valence-corrected chi connectivity index (χ4v) is 1.72. The highest BCUT2D eigenvalue weighted by Gasteiger charge is 2.31. The van der Waals surface area contributed by atoms with Crippen LogP contribution in [0.3, 0.4) is 0 Å². The van der Waals surface area contributed by atoms with E-state index in [1.54, 1.807) is 0 Å². The van der Waals surface area contributed by atoms with Crippen molar-refractivity contribution in [3.63, 3.8) is 0 Å². The summed E-state index contributed by atoms with van der Waals surface area (Å²) in [5.41, 5.74) is 6.34. The van der Waals surface area contributed by atoms with Gasteiger partial charge in [0.15, 0.2) is 0 Å². The Morgan fingerprint density at radius 3 is 2.94 bits per heavy atom. The molecule has 4 heteroatoms. The topological polar surface area (TPSA) is 60.2 Å². The highest BCUT2D eigenvalue weighted by molar-refractivity contribution is 5.53. The molecule has 1 saturated carbocycles. The standard InChI is InChI=1S/C12H19N3O/c1-3-16-12-10(13)4-5-11(15-12)14-7-9-6-8(9)2/h4-5,8-9H,3,6-7,13H2,1-2H3,(H,14,15). The number of nitrogen functional groups attached to an aromatic ring is 1. The van der Waals surface area contributed by atoms with Crippen molar-refractivity contribution in [3.05, 3.63) is 12.1 Å². The van der Waals surface area contributed by atoms with Crippen LogP contribution in [-0.4, -0.2) is 18.1 Å². The van der Waals surface area contributed by atoms with Gasteiger partial charge in [-0.3, -0.25) is 0 Å². The monoisotopic (exact) mass is 221 g/mol. The summed E-state index contributed by atoms with van der Waals surface area (Å²) in [7, 11) is 0. The van der Waals surface area contributed by atoms with Gasteiger partial charge in [-0.15, -0.1) is 0 Å². The number of rotatable bonds is 5. The van der Waals surface area contributed by atoms with Gasteiger partial charge in [0.05, 0.1) is 12.3 Å². The molecule has 0 aliphatic heterocycles. The van der Waals surface area contributed by atoms with E-state index in [1.807, 2.05) is 19.1 Å². The van der Waals surface area contributed by atoms with Gasteiger partial charge in [0.25, 0.3) is 0 Å². The van der Waals surface area contributed by atoms with Crippen molar-refractivity contribution in [3.8, 4) is 5.88 Å². The van der Waals surface area contributed by atoms with Crippen LogP contribution in [0.15, 0.2) is 12.1 Å². The highest BCUT2D eigenvalue weighted by atomic mass is 16.5. The lowest BCUT2D eigenvalue weighted by atomic mass is 10.3. The number of ether oxygens (including phenoxy) is 1. The van der Waals surface area contributed by atoms with E-state index in [-0.39, 0.29) is 0 Å². The summed E-state index contributed by atoms with van der Waals surface area (Å²) in [4.78, 5) is 4.33. The number of hydrogen-bond acceptors (Lipinski definition) is 4. The average molecular weight is 221 g/mol. The zero-order chi connectivity index (χ0) is 11.5. The summed E-state index contributed by atoms with van der Waals surface area (Å²) < 4.78 is 5.34. The molecule has 1 aliphatic carbocycles. The Balaban J connectivity index is 1.95. The molecule has 1 aromatic heterocycles. The van der Waals surface area contributed by atoms with Crippen LogP contribution in [0, 0.1) is 11.8 Å². The van der Waals surface area contributed by atoms with Crippen molar-refractivity contribution >= 4 is 11.5 Å². The van der Waals surface area contributed by atoms with Gasteiger partial charge in [-0.25, -0.2) is 0 Å². The van der Waals surface area contributed by atoms with Gasteiger partial charge < -0.3 is 15.8 Å².